The smallest absolute Gasteiger partial charge is 0.305 e. The van der Waals surface area contributed by atoms with Crippen LogP contribution in [0.15, 0.2) is 0 Å². The van der Waals surface area contributed by atoms with E-state index in [0.29, 0.717) is 13.0 Å². The molecule has 0 spiro atoms. The first-order valence-electron chi connectivity index (χ1n) is 11.0. The first kappa shape index (κ1) is 25.4. The monoisotopic (exact) mass is 372 g/mol. The molecule has 0 aromatic carbocycles. The maximum Gasteiger partial charge on any atom is 0.305 e. The molecule has 156 valence electrons. The molecular formula is C22H44O4. The molecule has 0 radical (unpaired) electrons. The van der Waals surface area contributed by atoms with Crippen LogP contribution in [0, 0.1) is 5.92 Å². The lowest BCUT2D eigenvalue weighted by molar-refractivity contribution is -0.145. The third-order valence-electron chi connectivity index (χ3n) is 4.90. The largest absolute Gasteiger partial charge is 0.465 e. The minimum absolute atomic E-state index is 0.0235. The number of aliphatic hydroxyl groups is 2. The van der Waals surface area contributed by atoms with Crippen LogP contribution in [0.5, 0.6) is 0 Å². The Morgan fingerprint density at radius 3 is 1.88 bits per heavy atom. The second-order valence-electron chi connectivity index (χ2n) is 7.84. The van der Waals surface area contributed by atoms with Gasteiger partial charge in [-0.3, -0.25) is 4.79 Å². The summed E-state index contributed by atoms with van der Waals surface area (Å²) in [6.45, 7) is 4.47. The fraction of sp³-hybridized carbons (Fsp3) is 0.955. The molecule has 4 heteroatoms. The Balaban J connectivity index is 3.28. The van der Waals surface area contributed by atoms with Crippen LogP contribution in [0.4, 0.5) is 0 Å². The van der Waals surface area contributed by atoms with Crippen LogP contribution in [0.2, 0.25) is 0 Å². The molecule has 0 aliphatic heterocycles. The predicted octanol–water partition coefficient (Wildman–Crippen LogP) is 5.39. The van der Waals surface area contributed by atoms with Crippen molar-refractivity contribution in [2.24, 2.45) is 5.92 Å². The summed E-state index contributed by atoms with van der Waals surface area (Å²) in [6, 6.07) is 0. The second kappa shape index (κ2) is 19.2. The van der Waals surface area contributed by atoms with E-state index in [1.54, 1.807) is 0 Å². The summed E-state index contributed by atoms with van der Waals surface area (Å²) in [4.78, 5) is 11.5. The standard InChI is InChI=1S/C22H44O4/c1-3-4-5-6-9-12-15-21(24)16-13-10-7-8-11-14-17-22(25)26-19-20(2)18-23/h20-21,23-24H,3-19H2,1-2H3. The van der Waals surface area contributed by atoms with Crippen LogP contribution in [0.3, 0.4) is 0 Å². The summed E-state index contributed by atoms with van der Waals surface area (Å²) in [5, 5.41) is 18.9. The van der Waals surface area contributed by atoms with Gasteiger partial charge in [0.25, 0.3) is 0 Å². The highest BCUT2D eigenvalue weighted by Crippen LogP contribution is 2.14. The highest BCUT2D eigenvalue weighted by molar-refractivity contribution is 5.69. The van der Waals surface area contributed by atoms with Crippen molar-refractivity contribution < 1.29 is 19.7 Å². The molecule has 4 nitrogen and oxygen atoms in total. The SMILES string of the molecule is CCCCCCCCC(O)CCCCCCCCC(=O)OCC(C)CO. The maximum absolute atomic E-state index is 11.5. The average Bonchev–Trinajstić information content (AvgIpc) is 2.64. The highest BCUT2D eigenvalue weighted by Gasteiger charge is 2.06. The number of rotatable bonds is 19. The number of carbonyl (C=O) groups is 1. The van der Waals surface area contributed by atoms with E-state index in [1.807, 2.05) is 6.92 Å². The van der Waals surface area contributed by atoms with E-state index in [1.165, 1.54) is 44.9 Å². The molecule has 0 saturated carbocycles. The van der Waals surface area contributed by atoms with E-state index in [4.69, 9.17) is 9.84 Å². The van der Waals surface area contributed by atoms with E-state index < -0.39 is 0 Å². The van der Waals surface area contributed by atoms with Gasteiger partial charge < -0.3 is 14.9 Å². The number of ether oxygens (including phenoxy) is 1. The van der Waals surface area contributed by atoms with Gasteiger partial charge in [0.05, 0.1) is 12.7 Å². The van der Waals surface area contributed by atoms with E-state index >= 15 is 0 Å². The molecule has 2 atom stereocenters. The third-order valence-corrected chi connectivity index (χ3v) is 4.90. The molecule has 0 amide bonds. The fourth-order valence-corrected chi connectivity index (χ4v) is 3.02. The number of hydrogen-bond acceptors (Lipinski definition) is 4. The first-order valence-corrected chi connectivity index (χ1v) is 11.0. The zero-order chi connectivity index (χ0) is 19.5. The first-order chi connectivity index (χ1) is 12.6. The Kier molecular flexibility index (Phi) is 18.7. The molecule has 0 aliphatic rings. The Bertz CT molecular complexity index is 307. The van der Waals surface area contributed by atoms with E-state index in [2.05, 4.69) is 6.92 Å². The van der Waals surface area contributed by atoms with Gasteiger partial charge in [-0.15, -0.1) is 0 Å². The van der Waals surface area contributed by atoms with Crippen LogP contribution >= 0.6 is 0 Å². The van der Waals surface area contributed by atoms with Gasteiger partial charge in [-0.1, -0.05) is 84.5 Å². The van der Waals surface area contributed by atoms with Crippen molar-refractivity contribution in [3.05, 3.63) is 0 Å². The van der Waals surface area contributed by atoms with Crippen LogP contribution in [0.25, 0.3) is 0 Å². The van der Waals surface area contributed by atoms with Crippen molar-refractivity contribution in [3.63, 3.8) is 0 Å². The topological polar surface area (TPSA) is 66.8 Å². The van der Waals surface area contributed by atoms with Crippen molar-refractivity contribution in [2.75, 3.05) is 13.2 Å². The number of esters is 1. The highest BCUT2D eigenvalue weighted by atomic mass is 16.5. The molecule has 0 aromatic heterocycles. The fourth-order valence-electron chi connectivity index (χ4n) is 3.02. The molecule has 26 heavy (non-hydrogen) atoms. The molecule has 2 N–H and O–H groups in total. The van der Waals surface area contributed by atoms with Gasteiger partial charge >= 0.3 is 5.97 Å². The Labute approximate surface area is 161 Å². The molecule has 0 rings (SSSR count). The molecule has 0 aromatic rings. The second-order valence-corrected chi connectivity index (χ2v) is 7.84. The zero-order valence-electron chi connectivity index (χ0n) is 17.4. The number of carbonyl (C=O) groups excluding carboxylic acids is 1. The van der Waals surface area contributed by atoms with E-state index in [-0.39, 0.29) is 24.6 Å². The number of hydrogen-bond donors (Lipinski definition) is 2. The quantitative estimate of drug-likeness (QED) is 0.236. The van der Waals surface area contributed by atoms with Crippen molar-refractivity contribution in [1.82, 2.24) is 0 Å². The predicted molar refractivity (Wildman–Crippen MR) is 108 cm³/mol. The lowest BCUT2D eigenvalue weighted by Gasteiger charge is -2.10. The number of unbranched alkanes of at least 4 members (excludes halogenated alkanes) is 10. The van der Waals surface area contributed by atoms with Crippen molar-refractivity contribution in [2.45, 2.75) is 116 Å². The van der Waals surface area contributed by atoms with Crippen LogP contribution in [-0.4, -0.2) is 35.5 Å². The van der Waals surface area contributed by atoms with Crippen molar-refractivity contribution in [3.8, 4) is 0 Å². The molecule has 0 aliphatic carbocycles. The Hall–Kier alpha value is -0.610. The van der Waals surface area contributed by atoms with Gasteiger partial charge in [0.15, 0.2) is 0 Å². The summed E-state index contributed by atoms with van der Waals surface area (Å²) >= 11 is 0. The molecule has 0 bridgehead atoms. The Morgan fingerprint density at radius 2 is 1.35 bits per heavy atom. The zero-order valence-corrected chi connectivity index (χ0v) is 17.4. The van der Waals surface area contributed by atoms with Crippen LogP contribution in [0.1, 0.15) is 110 Å². The van der Waals surface area contributed by atoms with Gasteiger partial charge in [0, 0.05) is 18.9 Å². The van der Waals surface area contributed by atoms with Gasteiger partial charge in [-0.25, -0.2) is 0 Å². The molecule has 0 saturated heterocycles. The summed E-state index contributed by atoms with van der Waals surface area (Å²) in [7, 11) is 0. The average molecular weight is 373 g/mol. The number of aliphatic hydroxyl groups excluding tert-OH is 2. The van der Waals surface area contributed by atoms with E-state index in [9.17, 15) is 9.90 Å². The minimum atomic E-state index is -0.150. The van der Waals surface area contributed by atoms with Gasteiger partial charge in [-0.2, -0.15) is 0 Å². The van der Waals surface area contributed by atoms with Gasteiger partial charge in [0.1, 0.15) is 0 Å². The van der Waals surface area contributed by atoms with Gasteiger partial charge in [0.2, 0.25) is 0 Å². The lowest BCUT2D eigenvalue weighted by atomic mass is 10.0. The molecule has 0 fully saturated rings. The summed E-state index contributed by atoms with van der Waals surface area (Å²) in [6.07, 6.45) is 16.5. The maximum atomic E-state index is 11.5. The van der Waals surface area contributed by atoms with Crippen molar-refractivity contribution in [1.29, 1.82) is 0 Å². The summed E-state index contributed by atoms with van der Waals surface area (Å²) in [5.41, 5.74) is 0. The van der Waals surface area contributed by atoms with Crippen molar-refractivity contribution >= 4 is 5.97 Å². The van der Waals surface area contributed by atoms with E-state index in [0.717, 1.165) is 44.9 Å². The van der Waals surface area contributed by atoms with Crippen LogP contribution in [-0.2, 0) is 9.53 Å². The van der Waals surface area contributed by atoms with Crippen LogP contribution < -0.4 is 0 Å². The molecular weight excluding hydrogens is 328 g/mol. The normalized spacial score (nSPS) is 13.5. The minimum Gasteiger partial charge on any atom is -0.465 e. The van der Waals surface area contributed by atoms with Gasteiger partial charge in [-0.05, 0) is 19.3 Å². The molecule has 0 heterocycles. The third kappa shape index (κ3) is 18.2. The summed E-state index contributed by atoms with van der Waals surface area (Å²) in [5.74, 6) is -0.126. The summed E-state index contributed by atoms with van der Waals surface area (Å²) < 4.78 is 5.10. The Morgan fingerprint density at radius 1 is 0.846 bits per heavy atom. The lowest BCUT2D eigenvalue weighted by Crippen LogP contribution is -2.14. The molecule has 2 unspecified atom stereocenters.